The van der Waals surface area contributed by atoms with E-state index in [9.17, 15) is 0 Å². The van der Waals surface area contributed by atoms with Gasteiger partial charge >= 0.3 is 6.01 Å². The topological polar surface area (TPSA) is 77.0 Å². The summed E-state index contributed by atoms with van der Waals surface area (Å²) in [5.41, 5.74) is 7.04. The summed E-state index contributed by atoms with van der Waals surface area (Å²) in [4.78, 5) is 0. The predicted molar refractivity (Wildman–Crippen MR) is 74.7 cm³/mol. The fourth-order valence-electron chi connectivity index (χ4n) is 1.70. The van der Waals surface area contributed by atoms with E-state index in [2.05, 4.69) is 29.4 Å². The molecule has 5 heteroatoms. The number of nitrogens with two attached hydrogens (primary N) is 1. The van der Waals surface area contributed by atoms with Crippen LogP contribution in [0, 0.1) is 5.92 Å². The van der Waals surface area contributed by atoms with Gasteiger partial charge in [-0.1, -0.05) is 49.3 Å². The monoisotopic (exact) mass is 260 g/mol. The van der Waals surface area contributed by atoms with Gasteiger partial charge in [0.1, 0.15) is 6.04 Å². The molecule has 19 heavy (non-hydrogen) atoms. The Hall–Kier alpha value is -1.88. The number of hydrogen-bond acceptors (Lipinski definition) is 5. The quantitative estimate of drug-likeness (QED) is 0.834. The maximum atomic E-state index is 6.08. The average molecular weight is 260 g/mol. The summed E-state index contributed by atoms with van der Waals surface area (Å²) in [6.45, 7) is 5.17. The number of aromatic nitrogens is 2. The number of nitrogens with zero attached hydrogens (tertiary/aromatic N) is 2. The van der Waals surface area contributed by atoms with Crippen LogP contribution in [0.25, 0.3) is 0 Å². The van der Waals surface area contributed by atoms with Crippen LogP contribution < -0.4 is 11.1 Å². The third kappa shape index (κ3) is 3.79. The lowest BCUT2D eigenvalue weighted by Gasteiger charge is -2.06. The molecule has 0 aliphatic rings. The van der Waals surface area contributed by atoms with Crippen LogP contribution in [0.3, 0.4) is 0 Å². The van der Waals surface area contributed by atoms with Gasteiger partial charge in [0.05, 0.1) is 0 Å². The molecule has 2 rings (SSSR count). The molecule has 0 radical (unpaired) electrons. The third-order valence-electron chi connectivity index (χ3n) is 2.86. The molecule has 0 fully saturated rings. The van der Waals surface area contributed by atoms with Crippen molar-refractivity contribution in [1.82, 2.24) is 10.2 Å². The summed E-state index contributed by atoms with van der Waals surface area (Å²) in [6, 6.07) is 9.77. The molecule has 0 unspecified atom stereocenters. The molecule has 0 saturated heterocycles. The van der Waals surface area contributed by atoms with Gasteiger partial charge in [-0.05, 0) is 17.9 Å². The Kier molecular flexibility index (Phi) is 4.52. The Morgan fingerprint density at radius 2 is 1.95 bits per heavy atom. The van der Waals surface area contributed by atoms with Crippen LogP contribution in [0.2, 0.25) is 0 Å². The summed E-state index contributed by atoms with van der Waals surface area (Å²) in [7, 11) is 0. The smallest absolute Gasteiger partial charge is 0.315 e. The lowest BCUT2D eigenvalue weighted by Crippen LogP contribution is -2.12. The van der Waals surface area contributed by atoms with Crippen molar-refractivity contribution in [3.05, 3.63) is 41.8 Å². The number of nitrogens with one attached hydrogen (secondary N) is 1. The fourth-order valence-corrected chi connectivity index (χ4v) is 1.70. The second-order valence-electron chi connectivity index (χ2n) is 4.94. The molecule has 1 aromatic carbocycles. The summed E-state index contributed by atoms with van der Waals surface area (Å²) in [5, 5.41) is 11.0. The summed E-state index contributed by atoms with van der Waals surface area (Å²) >= 11 is 0. The largest absolute Gasteiger partial charge is 0.406 e. The molecule has 0 aliphatic carbocycles. The van der Waals surface area contributed by atoms with E-state index in [1.165, 1.54) is 0 Å². The van der Waals surface area contributed by atoms with E-state index in [-0.39, 0.29) is 6.04 Å². The van der Waals surface area contributed by atoms with E-state index in [0.29, 0.717) is 17.8 Å². The average Bonchev–Trinajstić information content (AvgIpc) is 2.87. The number of hydrogen-bond donors (Lipinski definition) is 2. The van der Waals surface area contributed by atoms with E-state index in [0.717, 1.165) is 18.5 Å². The first-order valence-corrected chi connectivity index (χ1v) is 6.54. The zero-order valence-electron chi connectivity index (χ0n) is 11.3. The second kappa shape index (κ2) is 6.33. The van der Waals surface area contributed by atoms with Crippen molar-refractivity contribution in [2.24, 2.45) is 11.7 Å². The molecule has 5 nitrogen and oxygen atoms in total. The predicted octanol–water partition coefficient (Wildman–Crippen LogP) is 2.58. The first-order chi connectivity index (χ1) is 9.16. The van der Waals surface area contributed by atoms with E-state index in [1.54, 1.807) is 0 Å². The number of anilines is 1. The third-order valence-corrected chi connectivity index (χ3v) is 2.86. The lowest BCUT2D eigenvalue weighted by molar-refractivity contribution is 0.480. The van der Waals surface area contributed by atoms with E-state index < -0.39 is 0 Å². The van der Waals surface area contributed by atoms with Gasteiger partial charge in [-0.2, -0.15) is 0 Å². The SMILES string of the molecule is CC(C)CCNc1nnc([C@H](N)c2ccccc2)o1. The zero-order chi connectivity index (χ0) is 13.7. The Morgan fingerprint density at radius 1 is 1.21 bits per heavy atom. The Balaban J connectivity index is 1.97. The standard InChI is InChI=1S/C14H20N4O/c1-10(2)8-9-16-14-18-17-13(19-14)12(15)11-6-4-3-5-7-11/h3-7,10,12H,8-9,15H2,1-2H3,(H,16,18)/t12-/m1/s1. The van der Waals surface area contributed by atoms with Gasteiger partial charge in [-0.15, -0.1) is 5.10 Å². The van der Waals surface area contributed by atoms with Gasteiger partial charge in [0.15, 0.2) is 0 Å². The van der Waals surface area contributed by atoms with Crippen molar-refractivity contribution in [3.63, 3.8) is 0 Å². The van der Waals surface area contributed by atoms with Crippen molar-refractivity contribution >= 4 is 6.01 Å². The maximum Gasteiger partial charge on any atom is 0.315 e. The molecule has 0 bridgehead atoms. The molecular weight excluding hydrogens is 240 g/mol. The summed E-state index contributed by atoms with van der Waals surface area (Å²) in [5.74, 6) is 1.07. The van der Waals surface area contributed by atoms with Crippen molar-refractivity contribution in [3.8, 4) is 0 Å². The van der Waals surface area contributed by atoms with Crippen LogP contribution in [-0.4, -0.2) is 16.7 Å². The molecule has 1 atom stereocenters. The molecule has 2 aromatic rings. The molecule has 1 heterocycles. The van der Waals surface area contributed by atoms with Crippen molar-refractivity contribution in [1.29, 1.82) is 0 Å². The molecule has 0 saturated carbocycles. The molecule has 1 aromatic heterocycles. The highest BCUT2D eigenvalue weighted by atomic mass is 16.4. The molecule has 3 N–H and O–H groups in total. The second-order valence-corrected chi connectivity index (χ2v) is 4.94. The molecular formula is C14H20N4O. The molecule has 0 aliphatic heterocycles. The highest BCUT2D eigenvalue weighted by Gasteiger charge is 2.15. The lowest BCUT2D eigenvalue weighted by atomic mass is 10.1. The van der Waals surface area contributed by atoms with Gasteiger partial charge in [-0.3, -0.25) is 0 Å². The van der Waals surface area contributed by atoms with Crippen molar-refractivity contribution in [2.45, 2.75) is 26.3 Å². The highest BCUT2D eigenvalue weighted by molar-refractivity contribution is 5.25. The Labute approximate surface area is 113 Å². The van der Waals surface area contributed by atoms with E-state index in [1.807, 2.05) is 30.3 Å². The maximum absolute atomic E-state index is 6.08. The van der Waals surface area contributed by atoms with Crippen LogP contribution in [0.4, 0.5) is 6.01 Å². The van der Waals surface area contributed by atoms with Crippen LogP contribution >= 0.6 is 0 Å². The summed E-state index contributed by atoms with van der Waals surface area (Å²) < 4.78 is 5.52. The van der Waals surface area contributed by atoms with Crippen LogP contribution in [0.15, 0.2) is 34.7 Å². The Morgan fingerprint density at radius 3 is 2.63 bits per heavy atom. The van der Waals surface area contributed by atoms with E-state index in [4.69, 9.17) is 10.2 Å². The minimum absolute atomic E-state index is 0.380. The van der Waals surface area contributed by atoms with Crippen molar-refractivity contribution in [2.75, 3.05) is 11.9 Å². The first-order valence-electron chi connectivity index (χ1n) is 6.54. The van der Waals surface area contributed by atoms with Gasteiger partial charge in [0.25, 0.3) is 0 Å². The Bertz CT molecular complexity index is 495. The number of rotatable bonds is 6. The van der Waals surface area contributed by atoms with Gasteiger partial charge < -0.3 is 15.5 Å². The van der Waals surface area contributed by atoms with Crippen molar-refractivity contribution < 1.29 is 4.42 Å². The van der Waals surface area contributed by atoms with Gasteiger partial charge in [0, 0.05) is 6.54 Å². The fraction of sp³-hybridized carbons (Fsp3) is 0.429. The normalized spacial score (nSPS) is 12.6. The molecule has 0 amide bonds. The first kappa shape index (κ1) is 13.5. The molecule has 102 valence electrons. The summed E-state index contributed by atoms with van der Waals surface area (Å²) in [6.07, 6.45) is 1.06. The zero-order valence-corrected chi connectivity index (χ0v) is 11.3. The van der Waals surface area contributed by atoms with Crippen LogP contribution in [-0.2, 0) is 0 Å². The number of benzene rings is 1. The minimum atomic E-state index is -0.380. The molecule has 0 spiro atoms. The van der Waals surface area contributed by atoms with Gasteiger partial charge in [0.2, 0.25) is 5.89 Å². The van der Waals surface area contributed by atoms with Crippen LogP contribution in [0.5, 0.6) is 0 Å². The minimum Gasteiger partial charge on any atom is -0.406 e. The van der Waals surface area contributed by atoms with E-state index >= 15 is 0 Å². The van der Waals surface area contributed by atoms with Gasteiger partial charge in [-0.25, -0.2) is 0 Å². The highest BCUT2D eigenvalue weighted by Crippen LogP contribution is 2.19. The van der Waals surface area contributed by atoms with Crippen LogP contribution in [0.1, 0.15) is 37.8 Å².